The highest BCUT2D eigenvalue weighted by Gasteiger charge is 2.15. The Kier molecular flexibility index (Phi) is 3.55. The molecule has 3 rings (SSSR count). The molecule has 0 unspecified atom stereocenters. The van der Waals surface area contributed by atoms with Gasteiger partial charge in [0.15, 0.2) is 5.58 Å². The Balaban J connectivity index is 1.84. The zero-order valence-electron chi connectivity index (χ0n) is 11.2. The fourth-order valence-corrected chi connectivity index (χ4v) is 2.99. The third-order valence-corrected chi connectivity index (χ3v) is 4.48. The van der Waals surface area contributed by atoms with Crippen molar-refractivity contribution in [1.82, 2.24) is 9.71 Å². The van der Waals surface area contributed by atoms with Crippen LogP contribution in [0.1, 0.15) is 5.56 Å². The first-order valence-electron chi connectivity index (χ1n) is 6.31. The van der Waals surface area contributed by atoms with Gasteiger partial charge in [0.25, 0.3) is 0 Å². The van der Waals surface area contributed by atoms with Gasteiger partial charge in [-0.3, -0.25) is 4.98 Å². The van der Waals surface area contributed by atoms with E-state index in [2.05, 4.69) is 9.71 Å². The van der Waals surface area contributed by atoms with Gasteiger partial charge < -0.3 is 4.42 Å². The van der Waals surface area contributed by atoms with Crippen LogP contribution in [0.4, 0.5) is 4.39 Å². The van der Waals surface area contributed by atoms with Crippen LogP contribution in [0.5, 0.6) is 0 Å². The maximum Gasteiger partial charge on any atom is 0.417 e. The van der Waals surface area contributed by atoms with Crippen molar-refractivity contribution in [3.05, 3.63) is 64.4 Å². The number of halogens is 1. The lowest BCUT2D eigenvalue weighted by atomic mass is 10.2. The molecule has 0 aliphatic heterocycles. The van der Waals surface area contributed by atoms with E-state index in [-0.39, 0.29) is 22.8 Å². The Labute approximate surface area is 124 Å². The van der Waals surface area contributed by atoms with Gasteiger partial charge in [0, 0.05) is 12.6 Å². The molecule has 0 saturated carbocycles. The lowest BCUT2D eigenvalue weighted by molar-refractivity contribution is 0.553. The van der Waals surface area contributed by atoms with Crippen molar-refractivity contribution in [2.24, 2.45) is 0 Å². The zero-order chi connectivity index (χ0) is 15.7. The molecule has 114 valence electrons. The summed E-state index contributed by atoms with van der Waals surface area (Å²) in [6.45, 7) is 0.0255. The van der Waals surface area contributed by atoms with Crippen molar-refractivity contribution >= 4 is 21.1 Å². The van der Waals surface area contributed by atoms with Gasteiger partial charge in [-0.05, 0) is 29.8 Å². The van der Waals surface area contributed by atoms with Crippen LogP contribution in [0.15, 0.2) is 56.6 Å². The lowest BCUT2D eigenvalue weighted by Crippen LogP contribution is -2.23. The first kappa shape index (κ1) is 14.5. The highest BCUT2D eigenvalue weighted by atomic mass is 32.2. The van der Waals surface area contributed by atoms with Gasteiger partial charge in [0.05, 0.1) is 10.4 Å². The van der Waals surface area contributed by atoms with Gasteiger partial charge >= 0.3 is 5.76 Å². The van der Waals surface area contributed by atoms with Gasteiger partial charge in [0.2, 0.25) is 10.0 Å². The molecule has 6 nitrogen and oxygen atoms in total. The number of nitrogens with one attached hydrogen (secondary N) is 2. The minimum atomic E-state index is -3.77. The van der Waals surface area contributed by atoms with E-state index in [0.29, 0.717) is 11.1 Å². The van der Waals surface area contributed by atoms with Crippen molar-refractivity contribution < 1.29 is 17.2 Å². The maximum absolute atomic E-state index is 12.8. The van der Waals surface area contributed by atoms with Crippen LogP contribution in [0.25, 0.3) is 11.1 Å². The molecule has 0 aliphatic rings. The zero-order valence-corrected chi connectivity index (χ0v) is 12.0. The van der Waals surface area contributed by atoms with Gasteiger partial charge in [-0.25, -0.2) is 22.3 Å². The average molecular weight is 322 g/mol. The molecule has 0 aliphatic carbocycles. The Morgan fingerprint density at radius 1 is 1.14 bits per heavy atom. The summed E-state index contributed by atoms with van der Waals surface area (Å²) < 4.78 is 44.5. The third kappa shape index (κ3) is 2.92. The summed E-state index contributed by atoms with van der Waals surface area (Å²) in [7, 11) is -3.77. The second kappa shape index (κ2) is 5.39. The molecular formula is C14H11FN2O4S. The van der Waals surface area contributed by atoms with Crippen LogP contribution >= 0.6 is 0 Å². The number of hydrogen-bond acceptors (Lipinski definition) is 4. The summed E-state index contributed by atoms with van der Waals surface area (Å²) in [5, 5.41) is 0. The van der Waals surface area contributed by atoms with Gasteiger partial charge in [-0.1, -0.05) is 12.1 Å². The SMILES string of the molecule is O=c1[nH]c2ccc(S(=O)(=O)NCc3ccc(F)cc3)cc2o1. The highest BCUT2D eigenvalue weighted by molar-refractivity contribution is 7.89. The molecule has 1 aromatic heterocycles. The molecule has 0 amide bonds. The monoisotopic (exact) mass is 322 g/mol. The summed E-state index contributed by atoms with van der Waals surface area (Å²) in [6.07, 6.45) is 0. The molecule has 0 atom stereocenters. The number of aromatic nitrogens is 1. The smallest absolute Gasteiger partial charge is 0.408 e. The van der Waals surface area contributed by atoms with Crippen LogP contribution in [0.3, 0.4) is 0 Å². The van der Waals surface area contributed by atoms with Crippen molar-refractivity contribution in [3.8, 4) is 0 Å². The molecule has 3 aromatic rings. The molecule has 22 heavy (non-hydrogen) atoms. The maximum atomic E-state index is 12.8. The molecule has 2 aromatic carbocycles. The summed E-state index contributed by atoms with van der Waals surface area (Å²) in [6, 6.07) is 9.57. The predicted molar refractivity (Wildman–Crippen MR) is 77.3 cm³/mol. The topological polar surface area (TPSA) is 92.2 Å². The van der Waals surface area contributed by atoms with E-state index in [1.165, 1.54) is 42.5 Å². The molecule has 1 heterocycles. The van der Waals surface area contributed by atoms with E-state index in [0.717, 1.165) is 0 Å². The first-order chi connectivity index (χ1) is 10.4. The normalized spacial score (nSPS) is 11.9. The van der Waals surface area contributed by atoms with E-state index < -0.39 is 15.8 Å². The Morgan fingerprint density at radius 3 is 2.59 bits per heavy atom. The number of oxazole rings is 1. The van der Waals surface area contributed by atoms with E-state index in [1.54, 1.807) is 0 Å². The highest BCUT2D eigenvalue weighted by Crippen LogP contribution is 2.16. The summed E-state index contributed by atoms with van der Waals surface area (Å²) >= 11 is 0. The number of fused-ring (bicyclic) bond motifs is 1. The summed E-state index contributed by atoms with van der Waals surface area (Å²) in [5.74, 6) is -1.04. The summed E-state index contributed by atoms with van der Waals surface area (Å²) in [4.78, 5) is 13.5. The summed E-state index contributed by atoms with van der Waals surface area (Å²) in [5.41, 5.74) is 1.20. The second-order valence-electron chi connectivity index (χ2n) is 4.62. The molecule has 0 fully saturated rings. The number of aromatic amines is 1. The quantitative estimate of drug-likeness (QED) is 0.765. The Morgan fingerprint density at radius 2 is 1.86 bits per heavy atom. The molecule has 0 radical (unpaired) electrons. The van der Waals surface area contributed by atoms with Crippen molar-refractivity contribution in [1.29, 1.82) is 0 Å². The number of benzene rings is 2. The fourth-order valence-electron chi connectivity index (χ4n) is 1.96. The minimum Gasteiger partial charge on any atom is -0.408 e. The van der Waals surface area contributed by atoms with Gasteiger partial charge in [-0.15, -0.1) is 0 Å². The van der Waals surface area contributed by atoms with Crippen molar-refractivity contribution in [2.75, 3.05) is 0 Å². The van der Waals surface area contributed by atoms with Gasteiger partial charge in [0.1, 0.15) is 5.82 Å². The van der Waals surface area contributed by atoms with E-state index in [9.17, 15) is 17.6 Å². The molecular weight excluding hydrogens is 311 g/mol. The molecule has 2 N–H and O–H groups in total. The van der Waals surface area contributed by atoms with Crippen LogP contribution in [-0.4, -0.2) is 13.4 Å². The third-order valence-electron chi connectivity index (χ3n) is 3.08. The van der Waals surface area contributed by atoms with Crippen LogP contribution in [0, 0.1) is 5.82 Å². The lowest BCUT2D eigenvalue weighted by Gasteiger charge is -2.06. The van der Waals surface area contributed by atoms with E-state index >= 15 is 0 Å². The molecule has 0 bridgehead atoms. The molecule has 8 heteroatoms. The first-order valence-corrected chi connectivity index (χ1v) is 7.79. The molecule has 0 saturated heterocycles. The average Bonchev–Trinajstić information content (AvgIpc) is 2.86. The Hall–Kier alpha value is -2.45. The number of hydrogen-bond donors (Lipinski definition) is 2. The van der Waals surface area contributed by atoms with Crippen LogP contribution in [0.2, 0.25) is 0 Å². The van der Waals surface area contributed by atoms with Crippen molar-refractivity contribution in [2.45, 2.75) is 11.4 Å². The van der Waals surface area contributed by atoms with E-state index in [1.807, 2.05) is 0 Å². The van der Waals surface area contributed by atoms with Crippen molar-refractivity contribution in [3.63, 3.8) is 0 Å². The Bertz CT molecular complexity index is 974. The van der Waals surface area contributed by atoms with E-state index in [4.69, 9.17) is 4.42 Å². The largest absolute Gasteiger partial charge is 0.417 e. The number of H-pyrrole nitrogens is 1. The number of rotatable bonds is 4. The van der Waals surface area contributed by atoms with Crippen LogP contribution in [-0.2, 0) is 16.6 Å². The second-order valence-corrected chi connectivity index (χ2v) is 6.39. The van der Waals surface area contributed by atoms with Crippen LogP contribution < -0.4 is 10.5 Å². The standard InChI is InChI=1S/C14H11FN2O4S/c15-10-3-1-9(2-4-10)8-16-22(19,20)11-5-6-12-13(7-11)21-14(18)17-12/h1-7,16H,8H2,(H,17,18). The minimum absolute atomic E-state index is 0.0233. The molecule has 0 spiro atoms. The fraction of sp³-hybridized carbons (Fsp3) is 0.0714. The van der Waals surface area contributed by atoms with Gasteiger partial charge in [-0.2, -0.15) is 0 Å². The number of sulfonamides is 1. The predicted octanol–water partition coefficient (Wildman–Crippen LogP) is 1.74.